The lowest BCUT2D eigenvalue weighted by Gasteiger charge is -2.50. The predicted molar refractivity (Wildman–Crippen MR) is 89.3 cm³/mol. The number of para-hydroxylation sites is 1. The number of hydrogen-bond acceptors (Lipinski definition) is 2. The zero-order chi connectivity index (χ0) is 16.5. The smallest absolute Gasteiger partial charge is 0.413 e. The van der Waals surface area contributed by atoms with Gasteiger partial charge in [-0.2, -0.15) is 0 Å². The number of rotatable bonds is 3. The maximum absolute atomic E-state index is 12.4. The molecule has 8 heteroatoms. The van der Waals surface area contributed by atoms with E-state index in [-0.39, 0.29) is 0 Å². The van der Waals surface area contributed by atoms with E-state index in [1.165, 1.54) is 0 Å². The fraction of sp³-hybridized carbons (Fsp3) is 0.462. The average Bonchev–Trinajstić information content (AvgIpc) is 2.25. The molecule has 0 aromatic heterocycles. The molecule has 1 amide bonds. The molecule has 21 heavy (non-hydrogen) atoms. The van der Waals surface area contributed by atoms with Gasteiger partial charge in [-0.3, -0.25) is 4.90 Å². The molecule has 98 valence electrons. The van der Waals surface area contributed by atoms with E-state index in [0.717, 1.165) is 4.90 Å². The predicted octanol–water partition coefficient (Wildman–Crippen LogP) is 0.998. The van der Waals surface area contributed by atoms with Crippen molar-refractivity contribution in [3.63, 3.8) is 0 Å². The van der Waals surface area contributed by atoms with Crippen LogP contribution in [0.5, 0.6) is 0 Å². The van der Waals surface area contributed by atoms with Gasteiger partial charge in [-0.25, -0.2) is 4.79 Å². The zero-order valence-corrected chi connectivity index (χ0v) is 12.5. The second-order valence-electron chi connectivity index (χ2n) is 5.91. The van der Waals surface area contributed by atoms with Crippen LogP contribution in [0.1, 0.15) is 20.8 Å². The largest absolute Gasteiger partial charge is 0.443 e. The summed E-state index contributed by atoms with van der Waals surface area (Å²) in [5.41, 5.74) is -0.386. The van der Waals surface area contributed by atoms with Crippen LogP contribution >= 0.6 is 0 Å². The van der Waals surface area contributed by atoms with Crippen LogP contribution in [0.15, 0.2) is 30.3 Å². The normalized spacial score (nSPS) is 12.7. The van der Waals surface area contributed by atoms with Gasteiger partial charge in [0, 0.05) is 5.69 Å². The Hall–Kier alpha value is -1.19. The van der Waals surface area contributed by atoms with Crippen molar-refractivity contribution in [2.24, 2.45) is 0 Å². The number of ether oxygens (including phenoxy) is 1. The van der Waals surface area contributed by atoms with Gasteiger partial charge in [0.2, 0.25) is 0 Å². The van der Waals surface area contributed by atoms with E-state index >= 15 is 0 Å². The monoisotopic (exact) mass is 271 g/mol. The number of carbonyl (C=O) groups excluding carboxylic acids is 1. The van der Waals surface area contributed by atoms with Crippen LogP contribution in [0.25, 0.3) is 0 Å². The lowest BCUT2D eigenvalue weighted by Crippen LogP contribution is -2.62. The van der Waals surface area contributed by atoms with Gasteiger partial charge in [0.15, 0.2) is 0 Å². The number of nitrogens with zero attached hydrogens (tertiary/aromatic N) is 1. The number of carbonyl (C=O) groups is 1. The van der Waals surface area contributed by atoms with Gasteiger partial charge in [0.25, 0.3) is 0 Å². The molecule has 0 heterocycles. The van der Waals surface area contributed by atoms with Crippen molar-refractivity contribution in [1.29, 1.82) is 0 Å². The minimum Gasteiger partial charge on any atom is -0.443 e. The topological polar surface area (TPSA) is 29.5 Å². The Bertz CT molecular complexity index is 494. The molecule has 0 atom stereocenters. The lowest BCUT2D eigenvalue weighted by atomic mass is 9.26. The van der Waals surface area contributed by atoms with Crippen molar-refractivity contribution >= 4 is 51.0 Å². The third-order valence-corrected chi connectivity index (χ3v) is 2.65. The summed E-state index contributed by atoms with van der Waals surface area (Å²) in [6, 6.07) is 8.41. The molecule has 0 bridgehead atoms. The van der Waals surface area contributed by atoms with Gasteiger partial charge in [-0.15, -0.1) is 5.11 Å². The molecule has 1 aromatic rings. The van der Waals surface area contributed by atoms with Gasteiger partial charge in [0.1, 0.15) is 5.60 Å². The standard InChI is InChI=1S/C13H14B5NO2/c1-11(2,3)21-10(20)19(9-7-5-4-6-8-9)13(17,18)12(14,15)16/h4-8H,1-3H3. The molecule has 0 N–H and O–H groups in total. The molecule has 0 aliphatic carbocycles. The SMILES string of the molecule is [B]C([B])([B])C([B])([B])N(C(=O)OC(C)(C)C)c1ccccc1. The van der Waals surface area contributed by atoms with Crippen molar-refractivity contribution in [3.05, 3.63) is 30.3 Å². The van der Waals surface area contributed by atoms with E-state index in [9.17, 15) is 4.79 Å². The van der Waals surface area contributed by atoms with Crippen LogP contribution in [0, 0.1) is 0 Å². The molecule has 0 unspecified atom stereocenters. The Balaban J connectivity index is 3.29. The number of hydrogen-bond donors (Lipinski definition) is 0. The molecule has 1 aromatic carbocycles. The minimum absolute atomic E-state index is 0.363. The summed E-state index contributed by atoms with van der Waals surface area (Å²) in [5.74, 6) is 0. The molecule has 0 spiro atoms. The maximum atomic E-state index is 12.4. The summed E-state index contributed by atoms with van der Waals surface area (Å²) in [4.78, 5) is 13.4. The molecule has 0 aliphatic heterocycles. The molecular weight excluding hydrogens is 256 g/mol. The van der Waals surface area contributed by atoms with Gasteiger partial charge >= 0.3 is 6.09 Å². The highest BCUT2D eigenvalue weighted by Crippen LogP contribution is 2.34. The van der Waals surface area contributed by atoms with Crippen LogP contribution in [0.4, 0.5) is 10.5 Å². The van der Waals surface area contributed by atoms with Gasteiger partial charge in [-0.05, 0) is 38.2 Å². The Labute approximate surface area is 133 Å². The minimum atomic E-state index is -2.06. The molecule has 0 saturated heterocycles. The first kappa shape index (κ1) is 17.9. The molecular formula is C13H14B5NO2. The zero-order valence-electron chi connectivity index (χ0n) is 12.5. The second kappa shape index (κ2) is 5.90. The molecule has 0 saturated carbocycles. The summed E-state index contributed by atoms with van der Waals surface area (Å²) in [5, 5.41) is -4.10. The maximum Gasteiger partial charge on any atom is 0.413 e. The van der Waals surface area contributed by atoms with Gasteiger partial charge in [0.05, 0.1) is 39.2 Å². The molecule has 3 nitrogen and oxygen atoms in total. The Morgan fingerprint density at radius 2 is 1.48 bits per heavy atom. The summed E-state index contributed by atoms with van der Waals surface area (Å²) in [7, 11) is 28.7. The fourth-order valence-corrected chi connectivity index (χ4v) is 1.55. The summed E-state index contributed by atoms with van der Waals surface area (Å²) < 4.78 is 5.30. The van der Waals surface area contributed by atoms with Crippen molar-refractivity contribution in [2.75, 3.05) is 4.90 Å². The van der Waals surface area contributed by atoms with Gasteiger partial charge in [-0.1, -0.05) is 18.2 Å². The molecule has 0 fully saturated rings. The summed E-state index contributed by atoms with van der Waals surface area (Å²) in [6.07, 6.45) is -0.801. The van der Waals surface area contributed by atoms with E-state index in [4.69, 9.17) is 44.0 Å². The Kier molecular flexibility index (Phi) is 5.02. The number of benzene rings is 1. The number of amides is 1. The van der Waals surface area contributed by atoms with Crippen molar-refractivity contribution in [2.45, 2.75) is 36.8 Å². The second-order valence-corrected chi connectivity index (χ2v) is 5.91. The van der Waals surface area contributed by atoms with E-state index in [1.807, 2.05) is 0 Å². The first-order valence-electron chi connectivity index (χ1n) is 6.39. The van der Waals surface area contributed by atoms with Crippen LogP contribution in [-0.2, 0) is 4.74 Å². The lowest BCUT2D eigenvalue weighted by molar-refractivity contribution is 0.0570. The molecule has 10 radical (unpaired) electrons. The van der Waals surface area contributed by atoms with Gasteiger partial charge < -0.3 is 4.74 Å². The first-order chi connectivity index (χ1) is 9.36. The third-order valence-electron chi connectivity index (χ3n) is 2.65. The third kappa shape index (κ3) is 4.39. The van der Waals surface area contributed by atoms with Crippen LogP contribution in [0.2, 0.25) is 5.11 Å². The molecule has 1 rings (SSSR count). The highest BCUT2D eigenvalue weighted by atomic mass is 16.6. The summed E-state index contributed by atoms with van der Waals surface area (Å²) >= 11 is 0. The van der Waals surface area contributed by atoms with E-state index in [0.29, 0.717) is 5.69 Å². The van der Waals surface area contributed by atoms with Crippen molar-refractivity contribution in [3.8, 4) is 0 Å². The van der Waals surface area contributed by atoms with E-state index < -0.39 is 22.1 Å². The van der Waals surface area contributed by atoms with Crippen LogP contribution in [-0.4, -0.2) is 56.3 Å². The van der Waals surface area contributed by atoms with Crippen LogP contribution < -0.4 is 4.90 Å². The first-order valence-corrected chi connectivity index (χ1v) is 6.39. The quantitative estimate of drug-likeness (QED) is 0.767. The van der Waals surface area contributed by atoms with E-state index in [2.05, 4.69) is 0 Å². The Morgan fingerprint density at radius 1 is 1.00 bits per heavy atom. The van der Waals surface area contributed by atoms with Crippen molar-refractivity contribution < 1.29 is 9.53 Å². The fourth-order valence-electron chi connectivity index (χ4n) is 1.55. The van der Waals surface area contributed by atoms with E-state index in [1.54, 1.807) is 51.1 Å². The van der Waals surface area contributed by atoms with Crippen LogP contribution in [0.3, 0.4) is 0 Å². The molecule has 0 aliphatic rings. The highest BCUT2D eigenvalue weighted by molar-refractivity contribution is 6.68. The Morgan fingerprint density at radius 3 is 1.86 bits per heavy atom. The number of anilines is 1. The summed E-state index contributed by atoms with van der Waals surface area (Å²) in [6.45, 7) is 5.14. The average molecular weight is 270 g/mol. The highest BCUT2D eigenvalue weighted by Gasteiger charge is 2.41. The van der Waals surface area contributed by atoms with Crippen molar-refractivity contribution in [1.82, 2.24) is 0 Å².